The van der Waals surface area contributed by atoms with Gasteiger partial charge in [0, 0.05) is 26.7 Å². The molecule has 1 atom stereocenters. The van der Waals surface area contributed by atoms with E-state index < -0.39 is 0 Å². The zero-order chi connectivity index (χ0) is 13.0. The van der Waals surface area contributed by atoms with Gasteiger partial charge in [-0.25, -0.2) is 4.98 Å². The molecule has 0 bridgehead atoms. The first-order chi connectivity index (χ1) is 8.66. The summed E-state index contributed by atoms with van der Waals surface area (Å²) in [6, 6.07) is 3.72. The van der Waals surface area contributed by atoms with Crippen molar-refractivity contribution in [2.45, 2.75) is 12.8 Å². The fourth-order valence-electron chi connectivity index (χ4n) is 2.20. The Kier molecular flexibility index (Phi) is 4.15. The Hall–Kier alpha value is -1.62. The number of amides is 1. The molecule has 2 N–H and O–H groups in total. The van der Waals surface area contributed by atoms with Crippen molar-refractivity contribution in [3.8, 4) is 0 Å². The third-order valence-corrected chi connectivity index (χ3v) is 3.12. The van der Waals surface area contributed by atoms with Crippen molar-refractivity contribution in [1.29, 1.82) is 0 Å². The Labute approximate surface area is 108 Å². The van der Waals surface area contributed by atoms with Crippen LogP contribution in [-0.2, 0) is 4.79 Å². The molecule has 98 valence electrons. The SMILES string of the molecule is CN(C)c1ncccc1NC(=O)CC1CCNC1. The maximum atomic E-state index is 12.0. The highest BCUT2D eigenvalue weighted by Gasteiger charge is 2.18. The summed E-state index contributed by atoms with van der Waals surface area (Å²) in [7, 11) is 3.83. The molecule has 0 aromatic carbocycles. The van der Waals surface area contributed by atoms with Crippen molar-refractivity contribution in [2.75, 3.05) is 37.4 Å². The highest BCUT2D eigenvalue weighted by molar-refractivity contribution is 5.93. The summed E-state index contributed by atoms with van der Waals surface area (Å²) in [6.07, 6.45) is 3.39. The number of rotatable bonds is 4. The molecule has 1 aliphatic heterocycles. The highest BCUT2D eigenvalue weighted by atomic mass is 16.1. The van der Waals surface area contributed by atoms with Gasteiger partial charge in [-0.2, -0.15) is 0 Å². The van der Waals surface area contributed by atoms with Crippen LogP contribution in [0.25, 0.3) is 0 Å². The van der Waals surface area contributed by atoms with E-state index in [2.05, 4.69) is 15.6 Å². The van der Waals surface area contributed by atoms with Crippen molar-refractivity contribution in [3.63, 3.8) is 0 Å². The predicted molar refractivity (Wildman–Crippen MR) is 72.8 cm³/mol. The average Bonchev–Trinajstić information content (AvgIpc) is 2.82. The van der Waals surface area contributed by atoms with E-state index in [9.17, 15) is 4.79 Å². The zero-order valence-electron chi connectivity index (χ0n) is 10.9. The molecule has 1 saturated heterocycles. The van der Waals surface area contributed by atoms with Gasteiger partial charge in [0.15, 0.2) is 5.82 Å². The van der Waals surface area contributed by atoms with Crippen LogP contribution < -0.4 is 15.5 Å². The Morgan fingerprint density at radius 2 is 2.44 bits per heavy atom. The summed E-state index contributed by atoms with van der Waals surface area (Å²) < 4.78 is 0. The van der Waals surface area contributed by atoms with Gasteiger partial charge < -0.3 is 15.5 Å². The lowest BCUT2D eigenvalue weighted by Crippen LogP contribution is -2.20. The Balaban J connectivity index is 1.97. The van der Waals surface area contributed by atoms with Crippen LogP contribution >= 0.6 is 0 Å². The van der Waals surface area contributed by atoms with Crippen molar-refractivity contribution in [2.24, 2.45) is 5.92 Å². The van der Waals surface area contributed by atoms with Gasteiger partial charge in [0.05, 0.1) is 5.69 Å². The third-order valence-electron chi connectivity index (χ3n) is 3.12. The van der Waals surface area contributed by atoms with Crippen molar-refractivity contribution in [1.82, 2.24) is 10.3 Å². The lowest BCUT2D eigenvalue weighted by Gasteiger charge is -2.16. The second-order valence-corrected chi connectivity index (χ2v) is 4.88. The molecular weight excluding hydrogens is 228 g/mol. The normalized spacial score (nSPS) is 18.7. The first kappa shape index (κ1) is 12.8. The van der Waals surface area contributed by atoms with Gasteiger partial charge in [0.25, 0.3) is 0 Å². The van der Waals surface area contributed by atoms with Crippen LogP contribution in [-0.4, -0.2) is 38.1 Å². The van der Waals surface area contributed by atoms with Crippen LogP contribution in [0.5, 0.6) is 0 Å². The maximum absolute atomic E-state index is 12.0. The van der Waals surface area contributed by atoms with Gasteiger partial charge in [-0.1, -0.05) is 0 Å². The number of aromatic nitrogens is 1. The van der Waals surface area contributed by atoms with E-state index in [1.165, 1.54) is 0 Å². The average molecular weight is 248 g/mol. The number of nitrogens with one attached hydrogen (secondary N) is 2. The number of hydrogen-bond acceptors (Lipinski definition) is 4. The van der Waals surface area contributed by atoms with Gasteiger partial charge in [-0.15, -0.1) is 0 Å². The molecule has 0 saturated carbocycles. The summed E-state index contributed by atoms with van der Waals surface area (Å²) in [5.74, 6) is 1.32. The lowest BCUT2D eigenvalue weighted by molar-refractivity contribution is -0.116. The van der Waals surface area contributed by atoms with E-state index >= 15 is 0 Å². The number of anilines is 2. The molecule has 1 fully saturated rings. The molecule has 1 aliphatic rings. The summed E-state index contributed by atoms with van der Waals surface area (Å²) in [5.41, 5.74) is 0.776. The first-order valence-corrected chi connectivity index (χ1v) is 6.29. The molecule has 0 spiro atoms. The smallest absolute Gasteiger partial charge is 0.224 e. The third kappa shape index (κ3) is 3.20. The fraction of sp³-hybridized carbons (Fsp3) is 0.538. The van der Waals surface area contributed by atoms with Crippen LogP contribution in [0.2, 0.25) is 0 Å². The molecule has 5 nitrogen and oxygen atoms in total. The quantitative estimate of drug-likeness (QED) is 0.837. The summed E-state index contributed by atoms with van der Waals surface area (Å²) in [6.45, 7) is 1.97. The van der Waals surface area contributed by atoms with E-state index in [-0.39, 0.29) is 5.91 Å². The molecule has 0 aliphatic carbocycles. The van der Waals surface area contributed by atoms with Crippen LogP contribution in [0.3, 0.4) is 0 Å². The Bertz CT molecular complexity index is 413. The number of carbonyl (C=O) groups excluding carboxylic acids is 1. The molecule has 5 heteroatoms. The molecule has 1 aromatic rings. The van der Waals surface area contributed by atoms with Crippen LogP contribution in [0.4, 0.5) is 11.5 Å². The topological polar surface area (TPSA) is 57.3 Å². The Morgan fingerprint density at radius 1 is 1.61 bits per heavy atom. The largest absolute Gasteiger partial charge is 0.361 e. The molecule has 1 amide bonds. The lowest BCUT2D eigenvalue weighted by atomic mass is 10.0. The summed E-state index contributed by atoms with van der Waals surface area (Å²) in [5, 5.41) is 6.22. The van der Waals surface area contributed by atoms with Gasteiger partial charge in [0.2, 0.25) is 5.91 Å². The monoisotopic (exact) mass is 248 g/mol. The number of nitrogens with zero attached hydrogens (tertiary/aromatic N) is 2. The molecule has 1 unspecified atom stereocenters. The highest BCUT2D eigenvalue weighted by Crippen LogP contribution is 2.21. The molecule has 2 heterocycles. The fourth-order valence-corrected chi connectivity index (χ4v) is 2.20. The predicted octanol–water partition coefficient (Wildman–Crippen LogP) is 1.09. The zero-order valence-corrected chi connectivity index (χ0v) is 10.9. The van der Waals surface area contributed by atoms with E-state index in [1.807, 2.05) is 31.1 Å². The maximum Gasteiger partial charge on any atom is 0.224 e. The van der Waals surface area contributed by atoms with Gasteiger partial charge in [-0.3, -0.25) is 4.79 Å². The first-order valence-electron chi connectivity index (χ1n) is 6.29. The standard InChI is InChI=1S/C13H20N4O/c1-17(2)13-11(4-3-6-15-13)16-12(18)8-10-5-7-14-9-10/h3-4,6,10,14H,5,7-9H2,1-2H3,(H,16,18). The van der Waals surface area contributed by atoms with E-state index in [0.29, 0.717) is 12.3 Å². The number of hydrogen-bond donors (Lipinski definition) is 2. The number of pyridine rings is 1. The van der Waals surface area contributed by atoms with Gasteiger partial charge >= 0.3 is 0 Å². The van der Waals surface area contributed by atoms with Crippen molar-refractivity contribution >= 4 is 17.4 Å². The van der Waals surface area contributed by atoms with Crippen molar-refractivity contribution < 1.29 is 4.79 Å². The van der Waals surface area contributed by atoms with Crippen LogP contribution in [0, 0.1) is 5.92 Å². The summed E-state index contributed by atoms with van der Waals surface area (Å²) in [4.78, 5) is 18.1. The minimum atomic E-state index is 0.0693. The molecular formula is C13H20N4O. The van der Waals surface area contributed by atoms with Gasteiger partial charge in [0.1, 0.15) is 0 Å². The van der Waals surface area contributed by atoms with Crippen molar-refractivity contribution in [3.05, 3.63) is 18.3 Å². The second kappa shape index (κ2) is 5.82. The molecule has 18 heavy (non-hydrogen) atoms. The van der Waals surface area contributed by atoms with Crippen LogP contribution in [0.1, 0.15) is 12.8 Å². The van der Waals surface area contributed by atoms with E-state index in [1.54, 1.807) is 6.20 Å². The minimum Gasteiger partial charge on any atom is -0.361 e. The minimum absolute atomic E-state index is 0.0693. The van der Waals surface area contributed by atoms with Gasteiger partial charge in [-0.05, 0) is 37.6 Å². The van der Waals surface area contributed by atoms with Crippen LogP contribution in [0.15, 0.2) is 18.3 Å². The molecule has 2 rings (SSSR count). The Morgan fingerprint density at radius 3 is 3.11 bits per heavy atom. The molecule has 1 aromatic heterocycles. The van der Waals surface area contributed by atoms with E-state index in [4.69, 9.17) is 0 Å². The second-order valence-electron chi connectivity index (χ2n) is 4.88. The number of carbonyl (C=O) groups is 1. The summed E-state index contributed by atoms with van der Waals surface area (Å²) >= 11 is 0. The van der Waals surface area contributed by atoms with E-state index in [0.717, 1.165) is 31.0 Å². The molecule has 0 radical (unpaired) electrons.